The Morgan fingerprint density at radius 1 is 0.556 bits per heavy atom. The SMILES string of the molecule is C=C/C=C(\C=C/C)c1nc(-c2ccccc2)nc(-c2cc(-c3cccc(-c4ccccc4)c3)cnc2-c2ccc3c(c2)sc2ccc4c5ccccc5n(-c5ccccc5)c4c23)n1. The zero-order valence-electron chi connectivity index (χ0n) is 34.5. The summed E-state index contributed by atoms with van der Waals surface area (Å²) in [4.78, 5) is 20.7. The summed E-state index contributed by atoms with van der Waals surface area (Å²) in [6.07, 6.45) is 9.66. The molecule has 6 heteroatoms. The second kappa shape index (κ2) is 16.1. The molecule has 7 aromatic carbocycles. The van der Waals surface area contributed by atoms with E-state index in [2.05, 4.69) is 151 Å². The number of hydrogen-bond acceptors (Lipinski definition) is 5. The molecule has 4 heterocycles. The molecule has 0 bridgehead atoms. The van der Waals surface area contributed by atoms with Gasteiger partial charge in [0.1, 0.15) is 0 Å². The van der Waals surface area contributed by atoms with Gasteiger partial charge in [0, 0.05) is 70.7 Å². The van der Waals surface area contributed by atoms with Crippen molar-refractivity contribution in [1.82, 2.24) is 24.5 Å². The van der Waals surface area contributed by atoms with Crippen LogP contribution in [0.15, 0.2) is 213 Å². The number of rotatable bonds is 9. The normalized spacial score (nSPS) is 12.0. The van der Waals surface area contributed by atoms with Crippen LogP contribution in [0.3, 0.4) is 0 Å². The lowest BCUT2D eigenvalue weighted by molar-refractivity contribution is 1.04. The maximum Gasteiger partial charge on any atom is 0.166 e. The molecule has 5 nitrogen and oxygen atoms in total. The molecule has 0 N–H and O–H groups in total. The van der Waals surface area contributed by atoms with Gasteiger partial charge < -0.3 is 4.57 Å². The number of fused-ring (bicyclic) bond motifs is 7. The minimum absolute atomic E-state index is 0.535. The van der Waals surface area contributed by atoms with Gasteiger partial charge in [-0.2, -0.15) is 0 Å². The summed E-state index contributed by atoms with van der Waals surface area (Å²) in [6.45, 7) is 5.98. The Labute approximate surface area is 369 Å². The largest absolute Gasteiger partial charge is 0.309 e. The average Bonchev–Trinajstić information content (AvgIpc) is 3.90. The van der Waals surface area contributed by atoms with Crippen LogP contribution in [0.1, 0.15) is 12.7 Å². The number of aromatic nitrogens is 5. The highest BCUT2D eigenvalue weighted by molar-refractivity contribution is 7.26. The van der Waals surface area contributed by atoms with E-state index in [1.807, 2.05) is 79.1 Å². The van der Waals surface area contributed by atoms with E-state index >= 15 is 0 Å². The van der Waals surface area contributed by atoms with Crippen LogP contribution < -0.4 is 0 Å². The first-order valence-electron chi connectivity index (χ1n) is 21.0. The van der Waals surface area contributed by atoms with E-state index in [0.29, 0.717) is 17.5 Å². The van der Waals surface area contributed by atoms with Gasteiger partial charge in [-0.25, -0.2) is 15.0 Å². The van der Waals surface area contributed by atoms with Gasteiger partial charge in [0.05, 0.1) is 16.7 Å². The number of benzene rings is 7. The maximum atomic E-state index is 5.30. The van der Waals surface area contributed by atoms with Gasteiger partial charge in [0.2, 0.25) is 0 Å². The summed E-state index contributed by atoms with van der Waals surface area (Å²) in [5.41, 5.74) is 12.2. The third kappa shape index (κ3) is 6.83. The van der Waals surface area contributed by atoms with Crippen LogP contribution >= 0.6 is 11.3 Å². The lowest BCUT2D eigenvalue weighted by Crippen LogP contribution is -2.04. The Bertz CT molecular complexity index is 3580. The highest BCUT2D eigenvalue weighted by atomic mass is 32.1. The molecule has 11 rings (SSSR count). The maximum absolute atomic E-state index is 5.30. The number of thiophene rings is 1. The van der Waals surface area contributed by atoms with Crippen molar-refractivity contribution in [2.24, 2.45) is 0 Å². The van der Waals surface area contributed by atoms with E-state index in [4.69, 9.17) is 19.9 Å². The van der Waals surface area contributed by atoms with Gasteiger partial charge in [0.15, 0.2) is 17.5 Å². The molecule has 0 amide bonds. The molecule has 0 radical (unpaired) electrons. The molecule has 0 aliphatic rings. The number of nitrogens with zero attached hydrogens (tertiary/aromatic N) is 5. The topological polar surface area (TPSA) is 56.5 Å². The fraction of sp³-hybridized carbons (Fsp3) is 0.0175. The fourth-order valence-corrected chi connectivity index (χ4v) is 9.84. The Morgan fingerprint density at radius 2 is 1.24 bits per heavy atom. The Balaban J connectivity index is 1.15. The van der Waals surface area contributed by atoms with Gasteiger partial charge in [0.25, 0.3) is 0 Å². The molecule has 0 saturated heterocycles. The lowest BCUT2D eigenvalue weighted by Gasteiger charge is -2.14. The average molecular weight is 826 g/mol. The van der Waals surface area contributed by atoms with Crippen molar-refractivity contribution in [2.45, 2.75) is 6.92 Å². The predicted molar refractivity (Wildman–Crippen MR) is 265 cm³/mol. The standard InChI is InChI=1S/C57H39N5S/c1-3-17-38(18-4-2)55-59-56(39-21-10-6-11-22-39)61-57(60-55)48-34-43(41-24-16-23-40(33-41)37-19-8-5-9-20-37)36-58-53(48)42-29-30-47-51(35-42)63-50-32-31-46-45-27-14-15-28-49(45)62(54(46)52(47)50)44-25-12-7-13-26-44/h3-36H,1H2,2H3/b18-4-,38-17+. The van der Waals surface area contributed by atoms with Crippen molar-refractivity contribution >= 4 is 58.9 Å². The third-order valence-electron chi connectivity index (χ3n) is 11.6. The van der Waals surface area contributed by atoms with Crippen LogP contribution in [0, 0.1) is 0 Å². The first-order chi connectivity index (χ1) is 31.1. The zero-order chi connectivity index (χ0) is 42.3. The molecule has 63 heavy (non-hydrogen) atoms. The smallest absolute Gasteiger partial charge is 0.166 e. The van der Waals surface area contributed by atoms with Crippen LogP contribution in [0.2, 0.25) is 0 Å². The zero-order valence-corrected chi connectivity index (χ0v) is 35.3. The van der Waals surface area contributed by atoms with Gasteiger partial charge in [-0.15, -0.1) is 11.3 Å². The third-order valence-corrected chi connectivity index (χ3v) is 12.7. The second-order valence-electron chi connectivity index (χ2n) is 15.4. The monoisotopic (exact) mass is 825 g/mol. The van der Waals surface area contributed by atoms with Gasteiger partial charge >= 0.3 is 0 Å². The van der Waals surface area contributed by atoms with Gasteiger partial charge in [-0.3, -0.25) is 4.98 Å². The van der Waals surface area contributed by atoms with Crippen LogP contribution in [0.4, 0.5) is 0 Å². The Hall–Kier alpha value is -8.06. The van der Waals surface area contributed by atoms with Crippen molar-refractivity contribution in [3.63, 3.8) is 0 Å². The number of para-hydroxylation sites is 2. The van der Waals surface area contributed by atoms with Crippen molar-refractivity contribution in [2.75, 3.05) is 0 Å². The van der Waals surface area contributed by atoms with E-state index in [9.17, 15) is 0 Å². The minimum Gasteiger partial charge on any atom is -0.309 e. The molecule has 0 fully saturated rings. The molecule has 0 aliphatic carbocycles. The quantitative estimate of drug-likeness (QED) is 0.136. The van der Waals surface area contributed by atoms with Crippen LogP contribution in [0.5, 0.6) is 0 Å². The minimum atomic E-state index is 0.535. The summed E-state index contributed by atoms with van der Waals surface area (Å²) < 4.78 is 4.83. The number of hydrogen-bond donors (Lipinski definition) is 0. The number of allylic oxidation sites excluding steroid dienone is 5. The molecule has 0 unspecified atom stereocenters. The molecule has 0 atom stereocenters. The highest BCUT2D eigenvalue weighted by Crippen LogP contribution is 2.45. The van der Waals surface area contributed by atoms with Crippen molar-refractivity contribution in [3.05, 3.63) is 219 Å². The van der Waals surface area contributed by atoms with E-state index in [1.165, 1.54) is 42.0 Å². The van der Waals surface area contributed by atoms with E-state index in [0.717, 1.165) is 55.9 Å². The van der Waals surface area contributed by atoms with E-state index < -0.39 is 0 Å². The lowest BCUT2D eigenvalue weighted by atomic mass is 9.97. The van der Waals surface area contributed by atoms with E-state index in [1.54, 1.807) is 6.08 Å². The second-order valence-corrected chi connectivity index (χ2v) is 16.5. The van der Waals surface area contributed by atoms with Crippen molar-refractivity contribution < 1.29 is 0 Å². The van der Waals surface area contributed by atoms with Gasteiger partial charge in [-0.1, -0.05) is 164 Å². The number of pyridine rings is 1. The van der Waals surface area contributed by atoms with Crippen LogP contribution in [0.25, 0.3) is 110 Å². The first-order valence-corrected chi connectivity index (χ1v) is 21.8. The Morgan fingerprint density at radius 3 is 2.02 bits per heavy atom. The molecule has 0 aliphatic heterocycles. The molecular weight excluding hydrogens is 787 g/mol. The van der Waals surface area contributed by atoms with Crippen molar-refractivity contribution in [1.29, 1.82) is 0 Å². The summed E-state index contributed by atoms with van der Waals surface area (Å²) in [6, 6.07) is 62.0. The molecule has 4 aromatic heterocycles. The van der Waals surface area contributed by atoms with Crippen LogP contribution in [-0.2, 0) is 0 Å². The molecule has 0 spiro atoms. The van der Waals surface area contributed by atoms with Crippen LogP contribution in [-0.4, -0.2) is 24.5 Å². The summed E-state index contributed by atoms with van der Waals surface area (Å²) in [5, 5.41) is 4.94. The molecule has 0 saturated carbocycles. The molecule has 11 aromatic rings. The fourth-order valence-electron chi connectivity index (χ4n) is 8.69. The Kier molecular flexibility index (Phi) is 9.68. The summed E-state index contributed by atoms with van der Waals surface area (Å²) in [7, 11) is 0. The molecule has 298 valence electrons. The summed E-state index contributed by atoms with van der Waals surface area (Å²) in [5.74, 6) is 1.67. The van der Waals surface area contributed by atoms with Crippen molar-refractivity contribution in [3.8, 4) is 62.0 Å². The molecular formula is C57H39N5S. The highest BCUT2D eigenvalue weighted by Gasteiger charge is 2.21. The van der Waals surface area contributed by atoms with E-state index in [-0.39, 0.29) is 0 Å². The predicted octanol–water partition coefficient (Wildman–Crippen LogP) is 15.2. The first kappa shape index (κ1) is 37.9. The summed E-state index contributed by atoms with van der Waals surface area (Å²) >= 11 is 1.81. The van der Waals surface area contributed by atoms with Gasteiger partial charge in [-0.05, 0) is 66.1 Å².